The maximum Gasteiger partial charge on any atom is 0.257 e. The van der Waals surface area contributed by atoms with Gasteiger partial charge in [-0.05, 0) is 36.4 Å². The summed E-state index contributed by atoms with van der Waals surface area (Å²) in [5.41, 5.74) is 1.89. The summed E-state index contributed by atoms with van der Waals surface area (Å²) in [6, 6.07) is 10.5. The molecule has 1 N–H and O–H groups in total. The van der Waals surface area contributed by atoms with Crippen LogP contribution < -0.4 is 10.2 Å². The predicted octanol–water partition coefficient (Wildman–Crippen LogP) is 5.07. The molecule has 2 rings (SSSR count). The molecular formula is C15H13BrCl2N2O. The van der Waals surface area contributed by atoms with Gasteiger partial charge in [-0.2, -0.15) is 0 Å². The second-order valence-electron chi connectivity index (χ2n) is 4.63. The van der Waals surface area contributed by atoms with Crippen molar-refractivity contribution in [2.24, 2.45) is 0 Å². The lowest BCUT2D eigenvalue weighted by Gasteiger charge is -2.18. The summed E-state index contributed by atoms with van der Waals surface area (Å²) in [4.78, 5) is 14.3. The number of nitrogens with one attached hydrogen (secondary N) is 1. The summed E-state index contributed by atoms with van der Waals surface area (Å²) in [6.07, 6.45) is 0. The highest BCUT2D eigenvalue weighted by molar-refractivity contribution is 9.10. The average molecular weight is 388 g/mol. The van der Waals surface area contributed by atoms with Crippen LogP contribution in [-0.2, 0) is 0 Å². The van der Waals surface area contributed by atoms with Gasteiger partial charge in [0, 0.05) is 23.6 Å². The number of rotatable bonds is 3. The molecule has 0 unspecified atom stereocenters. The lowest BCUT2D eigenvalue weighted by molar-refractivity contribution is 0.102. The second kappa shape index (κ2) is 6.69. The first-order valence-corrected chi connectivity index (χ1v) is 7.66. The van der Waals surface area contributed by atoms with E-state index in [0.29, 0.717) is 21.3 Å². The quantitative estimate of drug-likeness (QED) is 0.796. The van der Waals surface area contributed by atoms with Crippen molar-refractivity contribution in [3.63, 3.8) is 0 Å². The number of hydrogen-bond acceptors (Lipinski definition) is 2. The third-order valence-corrected chi connectivity index (χ3v) is 3.92. The minimum Gasteiger partial charge on any atom is -0.376 e. The Hall–Kier alpha value is -1.23. The monoisotopic (exact) mass is 386 g/mol. The number of carbonyl (C=O) groups is 1. The Morgan fingerprint density at radius 1 is 1.14 bits per heavy atom. The van der Waals surface area contributed by atoms with Crippen molar-refractivity contribution in [3.8, 4) is 0 Å². The van der Waals surface area contributed by atoms with E-state index >= 15 is 0 Å². The molecule has 0 heterocycles. The van der Waals surface area contributed by atoms with E-state index in [1.807, 2.05) is 25.1 Å². The number of carbonyl (C=O) groups excluding carboxylic acids is 1. The zero-order valence-corrected chi connectivity index (χ0v) is 14.6. The summed E-state index contributed by atoms with van der Waals surface area (Å²) in [6.45, 7) is 0. The van der Waals surface area contributed by atoms with Crippen LogP contribution in [0, 0.1) is 0 Å². The molecule has 6 heteroatoms. The maximum absolute atomic E-state index is 12.4. The SMILES string of the molecule is CN(C)c1ccc(Cl)cc1NC(=O)c1cc(Br)ccc1Cl. The first kappa shape index (κ1) is 16.1. The summed E-state index contributed by atoms with van der Waals surface area (Å²) in [5.74, 6) is -0.285. The van der Waals surface area contributed by atoms with E-state index in [1.165, 1.54) is 0 Å². The van der Waals surface area contributed by atoms with Crippen LogP contribution in [0.5, 0.6) is 0 Å². The smallest absolute Gasteiger partial charge is 0.257 e. The molecule has 21 heavy (non-hydrogen) atoms. The first-order valence-electron chi connectivity index (χ1n) is 6.12. The normalized spacial score (nSPS) is 10.3. The summed E-state index contributed by atoms with van der Waals surface area (Å²) in [5, 5.41) is 3.79. The third kappa shape index (κ3) is 3.90. The third-order valence-electron chi connectivity index (χ3n) is 2.86. The Kier molecular flexibility index (Phi) is 5.14. The van der Waals surface area contributed by atoms with Gasteiger partial charge >= 0.3 is 0 Å². The Morgan fingerprint density at radius 2 is 1.86 bits per heavy atom. The standard InChI is InChI=1S/C15H13BrCl2N2O/c1-20(2)14-6-4-10(17)8-13(14)19-15(21)11-7-9(16)3-5-12(11)18/h3-8H,1-2H3,(H,19,21). The van der Waals surface area contributed by atoms with E-state index in [0.717, 1.165) is 10.2 Å². The topological polar surface area (TPSA) is 32.3 Å². The van der Waals surface area contributed by atoms with Crippen LogP contribution in [0.15, 0.2) is 40.9 Å². The Balaban J connectivity index is 2.35. The molecule has 3 nitrogen and oxygen atoms in total. The molecule has 2 aromatic rings. The van der Waals surface area contributed by atoms with Gasteiger partial charge < -0.3 is 10.2 Å². The molecule has 2 aromatic carbocycles. The van der Waals surface area contributed by atoms with Crippen LogP contribution in [0.3, 0.4) is 0 Å². The van der Waals surface area contributed by atoms with Crippen molar-refractivity contribution >= 4 is 56.4 Å². The molecule has 0 saturated heterocycles. The molecular weight excluding hydrogens is 375 g/mol. The molecule has 0 bridgehead atoms. The minimum atomic E-state index is -0.285. The van der Waals surface area contributed by atoms with Gasteiger partial charge in [0.1, 0.15) is 0 Å². The average Bonchev–Trinajstić information content (AvgIpc) is 2.41. The Labute approximate surface area is 142 Å². The van der Waals surface area contributed by atoms with E-state index in [4.69, 9.17) is 23.2 Å². The second-order valence-corrected chi connectivity index (χ2v) is 6.39. The van der Waals surface area contributed by atoms with Gasteiger partial charge in [-0.25, -0.2) is 0 Å². The molecule has 0 aliphatic carbocycles. The molecule has 0 saturated carbocycles. The summed E-state index contributed by atoms with van der Waals surface area (Å²) >= 11 is 15.4. The fourth-order valence-corrected chi connectivity index (χ4v) is 2.60. The number of halogens is 3. The van der Waals surface area contributed by atoms with Crippen molar-refractivity contribution in [2.45, 2.75) is 0 Å². The zero-order valence-electron chi connectivity index (χ0n) is 11.5. The lowest BCUT2D eigenvalue weighted by atomic mass is 10.2. The lowest BCUT2D eigenvalue weighted by Crippen LogP contribution is -2.17. The van der Waals surface area contributed by atoms with E-state index in [2.05, 4.69) is 21.2 Å². The fraction of sp³-hybridized carbons (Fsp3) is 0.133. The van der Waals surface area contributed by atoms with Crippen molar-refractivity contribution in [1.29, 1.82) is 0 Å². The van der Waals surface area contributed by atoms with Crippen molar-refractivity contribution in [3.05, 3.63) is 56.5 Å². The highest BCUT2D eigenvalue weighted by Gasteiger charge is 2.14. The maximum atomic E-state index is 12.4. The molecule has 0 aliphatic heterocycles. The molecule has 1 amide bonds. The zero-order chi connectivity index (χ0) is 15.6. The van der Waals surface area contributed by atoms with Crippen LogP contribution in [0.1, 0.15) is 10.4 Å². The molecule has 0 fully saturated rings. The van der Waals surface area contributed by atoms with Crippen molar-refractivity contribution in [2.75, 3.05) is 24.3 Å². The Morgan fingerprint density at radius 3 is 2.52 bits per heavy atom. The van der Waals surface area contributed by atoms with Crippen LogP contribution in [0.25, 0.3) is 0 Å². The number of amides is 1. The van der Waals surface area contributed by atoms with E-state index in [9.17, 15) is 4.79 Å². The fourth-order valence-electron chi connectivity index (χ4n) is 1.86. The Bertz CT molecular complexity index is 689. The molecule has 0 aromatic heterocycles. The number of nitrogens with zero attached hydrogens (tertiary/aromatic N) is 1. The van der Waals surface area contributed by atoms with Gasteiger partial charge in [0.25, 0.3) is 5.91 Å². The summed E-state index contributed by atoms with van der Waals surface area (Å²) in [7, 11) is 3.79. The highest BCUT2D eigenvalue weighted by Crippen LogP contribution is 2.29. The summed E-state index contributed by atoms with van der Waals surface area (Å²) < 4.78 is 0.788. The number of hydrogen-bond donors (Lipinski definition) is 1. The number of benzene rings is 2. The predicted molar refractivity (Wildman–Crippen MR) is 92.9 cm³/mol. The van der Waals surface area contributed by atoms with Crippen LogP contribution in [0.2, 0.25) is 10.0 Å². The van der Waals surface area contributed by atoms with Crippen LogP contribution >= 0.6 is 39.1 Å². The van der Waals surface area contributed by atoms with Gasteiger partial charge in [-0.3, -0.25) is 4.79 Å². The molecule has 0 aliphatic rings. The van der Waals surface area contributed by atoms with Crippen LogP contribution in [-0.4, -0.2) is 20.0 Å². The van der Waals surface area contributed by atoms with Gasteiger partial charge in [0.05, 0.1) is 22.0 Å². The first-order chi connectivity index (χ1) is 9.88. The minimum absolute atomic E-state index is 0.285. The van der Waals surface area contributed by atoms with Gasteiger partial charge in [0.2, 0.25) is 0 Å². The van der Waals surface area contributed by atoms with E-state index in [1.54, 1.807) is 30.3 Å². The molecule has 0 atom stereocenters. The van der Waals surface area contributed by atoms with E-state index in [-0.39, 0.29) is 5.91 Å². The highest BCUT2D eigenvalue weighted by atomic mass is 79.9. The molecule has 110 valence electrons. The molecule has 0 spiro atoms. The van der Waals surface area contributed by atoms with Gasteiger partial charge in [-0.1, -0.05) is 39.1 Å². The van der Waals surface area contributed by atoms with Crippen LogP contribution in [0.4, 0.5) is 11.4 Å². The van der Waals surface area contributed by atoms with Crippen molar-refractivity contribution < 1.29 is 4.79 Å². The van der Waals surface area contributed by atoms with Gasteiger partial charge in [0.15, 0.2) is 0 Å². The molecule has 0 radical (unpaired) electrons. The van der Waals surface area contributed by atoms with Crippen molar-refractivity contribution in [1.82, 2.24) is 0 Å². The van der Waals surface area contributed by atoms with E-state index < -0.39 is 0 Å². The van der Waals surface area contributed by atoms with Gasteiger partial charge in [-0.15, -0.1) is 0 Å². The number of anilines is 2. The largest absolute Gasteiger partial charge is 0.376 e.